The molecule has 0 N–H and O–H groups in total. The predicted octanol–water partition coefficient (Wildman–Crippen LogP) is 4.67. The molecule has 0 aromatic carbocycles. The predicted molar refractivity (Wildman–Crippen MR) is 45.4 cm³/mol. The Morgan fingerprint density at radius 3 is 1.33 bits per heavy atom. The lowest BCUT2D eigenvalue weighted by atomic mass is 10.0. The maximum Gasteiger partial charge on any atom is 0.421 e. The van der Waals surface area contributed by atoms with Crippen LogP contribution in [0.5, 0.6) is 0 Å². The molecule has 0 heterocycles. The Morgan fingerprint density at radius 1 is 0.800 bits per heavy atom. The highest BCUT2D eigenvalue weighted by molar-refractivity contribution is 6.49. The summed E-state index contributed by atoms with van der Waals surface area (Å²) >= 11 is 14.4. The smallest absolute Gasteiger partial charge is 0.169 e. The van der Waals surface area contributed by atoms with Gasteiger partial charge in [-0.25, -0.2) is 0 Å². The van der Waals surface area contributed by atoms with Crippen molar-refractivity contribution in [3.8, 4) is 0 Å². The summed E-state index contributed by atoms with van der Waals surface area (Å²) in [4.78, 5) is -3.13. The van der Waals surface area contributed by atoms with E-state index in [0.717, 1.165) is 0 Å². The van der Waals surface area contributed by atoms with Crippen LogP contribution in [0.25, 0.3) is 0 Å². The first-order chi connectivity index (χ1) is 6.21. The summed E-state index contributed by atoms with van der Waals surface area (Å²) in [7, 11) is 0. The number of hydrogen-bond donors (Lipinski definition) is 0. The lowest BCUT2D eigenvalue weighted by Crippen LogP contribution is -2.46. The minimum Gasteiger partial charge on any atom is -0.169 e. The molecule has 0 radical (unpaired) electrons. The normalized spacial score (nSPS) is 18.8. The van der Waals surface area contributed by atoms with Gasteiger partial charge in [-0.3, -0.25) is 0 Å². The highest BCUT2D eigenvalue weighted by Crippen LogP contribution is 2.50. The second-order valence-corrected chi connectivity index (χ2v) is 5.39. The van der Waals surface area contributed by atoms with Gasteiger partial charge in [0.1, 0.15) is 4.87 Å². The zero-order chi connectivity index (χ0) is 12.7. The van der Waals surface area contributed by atoms with Gasteiger partial charge in [-0.05, 0) is 6.92 Å². The topological polar surface area (TPSA) is 0 Å². The van der Waals surface area contributed by atoms with Crippen molar-refractivity contribution < 1.29 is 26.3 Å². The van der Waals surface area contributed by atoms with E-state index in [9.17, 15) is 26.3 Å². The van der Waals surface area contributed by atoms with Crippen LogP contribution >= 0.6 is 34.8 Å². The van der Waals surface area contributed by atoms with Crippen LogP contribution in [0.3, 0.4) is 0 Å². The van der Waals surface area contributed by atoms with Crippen molar-refractivity contribution in [1.29, 1.82) is 0 Å². The van der Waals surface area contributed by atoms with Crippen molar-refractivity contribution in [2.45, 2.75) is 34.9 Å². The molecule has 1 unspecified atom stereocenters. The van der Waals surface area contributed by atoms with Crippen LogP contribution in [-0.2, 0) is 0 Å². The van der Waals surface area contributed by atoms with Gasteiger partial charge in [-0.15, -0.1) is 11.6 Å². The van der Waals surface area contributed by atoms with Crippen molar-refractivity contribution in [2.24, 2.45) is 0 Å². The monoisotopic (exact) mass is 296 g/mol. The molecule has 0 aliphatic heterocycles. The van der Waals surface area contributed by atoms with Gasteiger partial charge in [0.25, 0.3) is 0 Å². The maximum absolute atomic E-state index is 12.1. The number of hydrogen-bond acceptors (Lipinski definition) is 0. The Hall–Kier alpha value is 0.450. The molecule has 1 atom stereocenters. The number of rotatable bonds is 2. The summed E-state index contributed by atoms with van der Waals surface area (Å²) < 4.78 is 69.1. The first-order valence-electron chi connectivity index (χ1n) is 3.41. The van der Waals surface area contributed by atoms with Crippen LogP contribution in [0, 0.1) is 0 Å². The largest absolute Gasteiger partial charge is 0.421 e. The summed E-state index contributed by atoms with van der Waals surface area (Å²) in [5.74, 6) is 0. The van der Waals surface area contributed by atoms with Gasteiger partial charge >= 0.3 is 12.4 Å². The minimum absolute atomic E-state index is 0.375. The molecule has 0 spiro atoms. The fourth-order valence-corrected chi connectivity index (χ4v) is 1.49. The van der Waals surface area contributed by atoms with Crippen molar-refractivity contribution in [2.75, 3.05) is 0 Å². The zero-order valence-electron chi connectivity index (χ0n) is 7.11. The molecule has 0 fully saturated rings. The van der Waals surface area contributed by atoms with Crippen molar-refractivity contribution in [1.82, 2.24) is 0 Å². The zero-order valence-corrected chi connectivity index (χ0v) is 9.38. The Bertz CT molecular complexity index is 204. The Kier molecular flexibility index (Phi) is 4.16. The van der Waals surface area contributed by atoms with Gasteiger partial charge in [0.05, 0.1) is 0 Å². The van der Waals surface area contributed by atoms with E-state index in [-0.39, 0.29) is 0 Å². The van der Waals surface area contributed by atoms with Crippen LogP contribution in [0.1, 0.15) is 13.3 Å². The van der Waals surface area contributed by atoms with Gasteiger partial charge in [0, 0.05) is 6.42 Å². The highest BCUT2D eigenvalue weighted by atomic mass is 35.5. The van der Waals surface area contributed by atoms with Crippen molar-refractivity contribution >= 4 is 34.8 Å². The summed E-state index contributed by atoms with van der Waals surface area (Å²) in [5, 5.41) is 0. The molecular weight excluding hydrogens is 292 g/mol. The third-order valence-corrected chi connectivity index (χ3v) is 2.60. The third kappa shape index (κ3) is 3.75. The van der Waals surface area contributed by atoms with Gasteiger partial charge in [-0.1, -0.05) is 23.2 Å². The molecule has 0 nitrogen and oxygen atoms in total. The van der Waals surface area contributed by atoms with Gasteiger partial charge < -0.3 is 0 Å². The lowest BCUT2D eigenvalue weighted by molar-refractivity contribution is -0.178. The van der Waals surface area contributed by atoms with Crippen LogP contribution < -0.4 is 0 Å². The van der Waals surface area contributed by atoms with Crippen LogP contribution in [0.4, 0.5) is 26.3 Å². The average Bonchev–Trinajstić information content (AvgIpc) is 1.77. The molecule has 0 amide bonds. The summed E-state index contributed by atoms with van der Waals surface area (Å²) in [5.41, 5.74) is 0. The lowest BCUT2D eigenvalue weighted by Gasteiger charge is -2.32. The molecule has 0 aromatic rings. The molecule has 92 valence electrons. The van der Waals surface area contributed by atoms with E-state index in [1.54, 1.807) is 0 Å². The van der Waals surface area contributed by atoms with E-state index in [0.29, 0.717) is 6.92 Å². The third-order valence-electron chi connectivity index (χ3n) is 1.56. The van der Waals surface area contributed by atoms with Crippen molar-refractivity contribution in [3.63, 3.8) is 0 Å². The van der Waals surface area contributed by atoms with E-state index < -0.39 is 28.0 Å². The molecule has 0 aromatic heterocycles. The molecule has 15 heavy (non-hydrogen) atoms. The van der Waals surface area contributed by atoms with Crippen molar-refractivity contribution in [3.05, 3.63) is 0 Å². The first-order valence-corrected chi connectivity index (χ1v) is 4.54. The molecule has 0 aliphatic rings. The maximum atomic E-state index is 12.1. The first kappa shape index (κ1) is 15.4. The molecule has 9 heteroatoms. The molecule has 0 saturated carbocycles. The molecule has 0 saturated heterocycles. The second kappa shape index (κ2) is 4.04. The van der Waals surface area contributed by atoms with Crippen LogP contribution in [0.15, 0.2) is 0 Å². The molecular formula is C6H5Cl3F6. The van der Waals surface area contributed by atoms with Gasteiger partial charge in [-0.2, -0.15) is 26.3 Å². The standard InChI is InChI=1S/C6H5Cl3F6/c1-3(7,5(10,11)12)2-4(8,9)6(13,14)15/h2H2,1H3. The summed E-state index contributed by atoms with van der Waals surface area (Å²) in [6, 6.07) is 0. The SMILES string of the molecule is CC(Cl)(CC(Cl)(Cl)C(F)(F)F)C(F)(F)F. The Morgan fingerprint density at radius 2 is 1.13 bits per heavy atom. The number of halogens is 9. The van der Waals surface area contributed by atoms with E-state index in [4.69, 9.17) is 34.8 Å². The summed E-state index contributed by atoms with van der Waals surface area (Å²) in [6.45, 7) is 0.375. The van der Waals surface area contributed by atoms with E-state index in [1.165, 1.54) is 0 Å². The highest BCUT2D eigenvalue weighted by Gasteiger charge is 2.61. The average molecular weight is 297 g/mol. The minimum atomic E-state index is -5.18. The fourth-order valence-electron chi connectivity index (χ4n) is 0.617. The van der Waals surface area contributed by atoms with Crippen LogP contribution in [-0.4, -0.2) is 21.6 Å². The van der Waals surface area contributed by atoms with E-state index in [1.807, 2.05) is 0 Å². The van der Waals surface area contributed by atoms with E-state index >= 15 is 0 Å². The number of alkyl halides is 9. The molecule has 0 rings (SSSR count). The summed E-state index contributed by atoms with van der Waals surface area (Å²) in [6.07, 6.45) is -11.9. The Labute approximate surface area is 96.5 Å². The van der Waals surface area contributed by atoms with Gasteiger partial charge in [0.15, 0.2) is 0 Å². The molecule has 0 bridgehead atoms. The quantitative estimate of drug-likeness (QED) is 0.513. The molecule has 0 aliphatic carbocycles. The second-order valence-electron chi connectivity index (χ2n) is 3.07. The Balaban J connectivity index is 4.89. The van der Waals surface area contributed by atoms with Gasteiger partial charge in [0.2, 0.25) is 4.33 Å². The van der Waals surface area contributed by atoms with Crippen LogP contribution in [0.2, 0.25) is 0 Å². The fraction of sp³-hybridized carbons (Fsp3) is 1.00. The van der Waals surface area contributed by atoms with E-state index in [2.05, 4.69) is 0 Å².